The first-order chi connectivity index (χ1) is 7.74. The molecule has 0 amide bonds. The van der Waals surface area contributed by atoms with Crippen LogP contribution in [0.25, 0.3) is 0 Å². The van der Waals surface area contributed by atoms with E-state index >= 15 is 0 Å². The summed E-state index contributed by atoms with van der Waals surface area (Å²) in [6.07, 6.45) is 0. The van der Waals surface area contributed by atoms with E-state index in [0.717, 1.165) is 0 Å². The molecule has 0 bridgehead atoms. The molecule has 0 saturated carbocycles. The summed E-state index contributed by atoms with van der Waals surface area (Å²) in [6.45, 7) is 1.34. The Bertz CT molecular complexity index is 397. The van der Waals surface area contributed by atoms with Gasteiger partial charge in [-0.15, -0.1) is 0 Å². The number of hydrogen-bond acceptors (Lipinski definition) is 5. The summed E-state index contributed by atoms with van der Waals surface area (Å²) in [5.41, 5.74) is 3.28. The summed E-state index contributed by atoms with van der Waals surface area (Å²) in [7, 11) is 1.51. The molecule has 1 aliphatic rings. The van der Waals surface area contributed by atoms with Gasteiger partial charge in [0.25, 0.3) is 0 Å². The second-order valence-corrected chi connectivity index (χ2v) is 4.09. The predicted octanol–water partition coefficient (Wildman–Crippen LogP) is 1.58. The van der Waals surface area contributed by atoms with Gasteiger partial charge in [-0.3, -0.25) is 0 Å². The molecule has 0 saturated heterocycles. The van der Waals surface area contributed by atoms with Gasteiger partial charge >= 0.3 is 0 Å². The first-order valence-electron chi connectivity index (χ1n) is 4.80. The van der Waals surface area contributed by atoms with Gasteiger partial charge in [0, 0.05) is 6.07 Å². The fraction of sp³-hybridized carbons (Fsp3) is 0.400. The Morgan fingerprint density at radius 3 is 3.00 bits per heavy atom. The monoisotopic (exact) mass is 289 g/mol. The van der Waals surface area contributed by atoms with Crippen LogP contribution in [-0.4, -0.2) is 25.4 Å². The van der Waals surface area contributed by atoms with Crippen molar-refractivity contribution >= 4 is 15.9 Å². The fourth-order valence-electron chi connectivity index (χ4n) is 1.52. The second-order valence-electron chi connectivity index (χ2n) is 3.23. The first-order valence-corrected chi connectivity index (χ1v) is 5.59. The number of fused-ring (bicyclic) bond motifs is 1. The number of ether oxygens (including phenoxy) is 2. The smallest absolute Gasteiger partial charge is 0.169 e. The quantitative estimate of drug-likeness (QED) is 0.828. The minimum absolute atomic E-state index is 0.133. The molecule has 0 aromatic heterocycles. The molecule has 2 N–H and O–H groups in total. The first kappa shape index (κ1) is 11.5. The van der Waals surface area contributed by atoms with Gasteiger partial charge in [0.1, 0.15) is 19.0 Å². The van der Waals surface area contributed by atoms with Crippen LogP contribution >= 0.6 is 15.9 Å². The third-order valence-electron chi connectivity index (χ3n) is 2.25. The van der Waals surface area contributed by atoms with E-state index in [2.05, 4.69) is 21.4 Å². The van der Waals surface area contributed by atoms with Crippen molar-refractivity contribution in [2.45, 2.75) is 6.54 Å². The van der Waals surface area contributed by atoms with Gasteiger partial charge in [0.05, 0.1) is 23.7 Å². The number of hydroxylamine groups is 1. The topological polar surface area (TPSA) is 60.0 Å². The maximum Gasteiger partial charge on any atom is 0.169 e. The number of benzene rings is 1. The van der Waals surface area contributed by atoms with Gasteiger partial charge in [0.2, 0.25) is 0 Å². The van der Waals surface area contributed by atoms with Crippen molar-refractivity contribution in [1.82, 2.24) is 5.48 Å². The molecule has 0 aliphatic carbocycles. The zero-order chi connectivity index (χ0) is 11.5. The number of phenols is 1. The number of hydrogen-bond donors (Lipinski definition) is 2. The molecule has 0 spiro atoms. The molecule has 6 heteroatoms. The van der Waals surface area contributed by atoms with Crippen molar-refractivity contribution in [2.75, 3.05) is 20.3 Å². The van der Waals surface area contributed by atoms with Crippen molar-refractivity contribution in [3.05, 3.63) is 16.1 Å². The SMILES string of the molecule is CONCc1c(O)c(Br)cc2c1OCCO2. The lowest BCUT2D eigenvalue weighted by atomic mass is 10.1. The van der Waals surface area contributed by atoms with Crippen LogP contribution in [0.1, 0.15) is 5.56 Å². The molecule has 0 unspecified atom stereocenters. The van der Waals surface area contributed by atoms with Crippen LogP contribution in [0.5, 0.6) is 17.2 Å². The van der Waals surface area contributed by atoms with Crippen LogP contribution in [0.15, 0.2) is 10.5 Å². The van der Waals surface area contributed by atoms with Gasteiger partial charge in [0.15, 0.2) is 11.5 Å². The van der Waals surface area contributed by atoms with Crippen LogP contribution in [-0.2, 0) is 11.4 Å². The zero-order valence-corrected chi connectivity index (χ0v) is 10.3. The average Bonchev–Trinajstić information content (AvgIpc) is 2.30. The average molecular weight is 290 g/mol. The molecule has 0 radical (unpaired) electrons. The summed E-state index contributed by atoms with van der Waals surface area (Å²) >= 11 is 3.26. The molecule has 2 rings (SSSR count). The molecular formula is C10H12BrNO4. The fourth-order valence-corrected chi connectivity index (χ4v) is 1.97. The van der Waals surface area contributed by atoms with Crippen LogP contribution in [0.3, 0.4) is 0 Å². The molecule has 1 heterocycles. The van der Waals surface area contributed by atoms with Crippen LogP contribution in [0.2, 0.25) is 0 Å². The molecule has 0 fully saturated rings. The van der Waals surface area contributed by atoms with Gasteiger partial charge in [-0.25, -0.2) is 0 Å². The largest absolute Gasteiger partial charge is 0.506 e. The van der Waals surface area contributed by atoms with E-state index in [-0.39, 0.29) is 5.75 Å². The van der Waals surface area contributed by atoms with Crippen molar-refractivity contribution in [3.8, 4) is 17.2 Å². The summed E-state index contributed by atoms with van der Waals surface area (Å²) in [4.78, 5) is 4.76. The maximum atomic E-state index is 9.90. The van der Waals surface area contributed by atoms with Gasteiger partial charge in [-0.2, -0.15) is 5.48 Å². The van der Waals surface area contributed by atoms with Gasteiger partial charge < -0.3 is 19.4 Å². The lowest BCUT2D eigenvalue weighted by Gasteiger charge is -2.22. The van der Waals surface area contributed by atoms with Crippen LogP contribution in [0.4, 0.5) is 0 Å². The van der Waals surface area contributed by atoms with Gasteiger partial charge in [-0.1, -0.05) is 0 Å². The number of nitrogens with one attached hydrogen (secondary N) is 1. The molecule has 88 valence electrons. The van der Waals surface area contributed by atoms with Crippen LogP contribution in [0, 0.1) is 0 Å². The molecule has 1 aromatic rings. The van der Waals surface area contributed by atoms with E-state index in [4.69, 9.17) is 14.3 Å². The maximum absolute atomic E-state index is 9.90. The third-order valence-corrected chi connectivity index (χ3v) is 2.85. The lowest BCUT2D eigenvalue weighted by Crippen LogP contribution is -2.19. The Morgan fingerprint density at radius 2 is 2.25 bits per heavy atom. The normalized spacial score (nSPS) is 13.9. The Labute approximate surface area is 101 Å². The number of rotatable bonds is 3. The number of aromatic hydroxyl groups is 1. The summed E-state index contributed by atoms with van der Waals surface area (Å²) in [5.74, 6) is 1.33. The minimum Gasteiger partial charge on any atom is -0.506 e. The predicted molar refractivity (Wildman–Crippen MR) is 60.6 cm³/mol. The highest BCUT2D eigenvalue weighted by molar-refractivity contribution is 9.10. The lowest BCUT2D eigenvalue weighted by molar-refractivity contribution is 0.0841. The van der Waals surface area contributed by atoms with Crippen molar-refractivity contribution in [1.29, 1.82) is 0 Å². The molecule has 16 heavy (non-hydrogen) atoms. The van der Waals surface area contributed by atoms with E-state index in [9.17, 15) is 5.11 Å². The number of halogens is 1. The molecule has 1 aliphatic heterocycles. The summed E-state index contributed by atoms with van der Waals surface area (Å²) in [6, 6.07) is 1.69. The van der Waals surface area contributed by atoms with Gasteiger partial charge in [-0.05, 0) is 15.9 Å². The van der Waals surface area contributed by atoms with E-state index < -0.39 is 0 Å². The minimum atomic E-state index is 0.133. The number of phenolic OH excluding ortho intramolecular Hbond substituents is 1. The Kier molecular flexibility index (Phi) is 3.52. The summed E-state index contributed by atoms with van der Waals surface area (Å²) < 4.78 is 11.5. The molecule has 5 nitrogen and oxygen atoms in total. The van der Waals surface area contributed by atoms with E-state index in [1.165, 1.54) is 7.11 Å². The Morgan fingerprint density at radius 1 is 1.50 bits per heavy atom. The van der Waals surface area contributed by atoms with Crippen molar-refractivity contribution < 1.29 is 19.4 Å². The van der Waals surface area contributed by atoms with E-state index in [0.29, 0.717) is 41.3 Å². The standard InChI is InChI=1S/C10H12BrNO4/c1-14-12-5-6-9(13)7(11)4-8-10(6)16-3-2-15-8/h4,12-13H,2-3,5H2,1H3. The highest BCUT2D eigenvalue weighted by Gasteiger charge is 2.21. The molecule has 0 atom stereocenters. The molecular weight excluding hydrogens is 278 g/mol. The van der Waals surface area contributed by atoms with Crippen LogP contribution < -0.4 is 15.0 Å². The Balaban J connectivity index is 2.41. The summed E-state index contributed by atoms with van der Waals surface area (Å²) in [5, 5.41) is 9.90. The second kappa shape index (κ2) is 4.90. The van der Waals surface area contributed by atoms with Crippen molar-refractivity contribution in [2.24, 2.45) is 0 Å². The Hall–Kier alpha value is -0.980. The third kappa shape index (κ3) is 2.09. The van der Waals surface area contributed by atoms with Crippen molar-refractivity contribution in [3.63, 3.8) is 0 Å². The zero-order valence-electron chi connectivity index (χ0n) is 8.75. The van der Waals surface area contributed by atoms with E-state index in [1.54, 1.807) is 6.07 Å². The highest BCUT2D eigenvalue weighted by atomic mass is 79.9. The van der Waals surface area contributed by atoms with E-state index in [1.807, 2.05) is 0 Å². The molecule has 1 aromatic carbocycles. The highest BCUT2D eigenvalue weighted by Crippen LogP contribution is 2.43.